The van der Waals surface area contributed by atoms with Crippen molar-refractivity contribution in [3.05, 3.63) is 0 Å². The van der Waals surface area contributed by atoms with Gasteiger partial charge in [0.15, 0.2) is 0 Å². The van der Waals surface area contributed by atoms with E-state index in [2.05, 4.69) is 9.44 Å². The minimum atomic E-state index is -3.31. The number of rotatable bonds is 7. The van der Waals surface area contributed by atoms with E-state index in [-0.39, 0.29) is 6.10 Å². The molecule has 0 aliphatic carbocycles. The Kier molecular flexibility index (Phi) is 6.23. The van der Waals surface area contributed by atoms with Crippen molar-refractivity contribution < 1.29 is 13.5 Å². The lowest BCUT2D eigenvalue weighted by Gasteiger charge is -2.07. The maximum atomic E-state index is 11.0. The van der Waals surface area contributed by atoms with E-state index in [1.54, 1.807) is 13.8 Å². The van der Waals surface area contributed by atoms with Crippen LogP contribution in [0.15, 0.2) is 0 Å². The number of nitrogens with one attached hydrogen (secondary N) is 2. The maximum absolute atomic E-state index is 11.0. The summed E-state index contributed by atoms with van der Waals surface area (Å²) in [6.45, 7) is 4.14. The molecule has 0 saturated carbocycles. The number of aliphatic hydroxyl groups is 1. The van der Waals surface area contributed by atoms with E-state index in [9.17, 15) is 8.42 Å². The molecule has 0 amide bonds. The van der Waals surface area contributed by atoms with E-state index in [4.69, 9.17) is 5.11 Å². The Balaban J connectivity index is 3.53. The van der Waals surface area contributed by atoms with Gasteiger partial charge in [0, 0.05) is 13.1 Å². The Labute approximate surface area is 79.7 Å². The third kappa shape index (κ3) is 8.17. The van der Waals surface area contributed by atoms with E-state index in [1.165, 1.54) is 0 Å². The highest BCUT2D eigenvalue weighted by Crippen LogP contribution is 1.93. The second-order valence-corrected chi connectivity index (χ2v) is 4.47. The predicted molar refractivity (Wildman–Crippen MR) is 51.5 cm³/mol. The Morgan fingerprint density at radius 3 is 2.46 bits per heavy atom. The summed E-state index contributed by atoms with van der Waals surface area (Å²) in [6.07, 6.45) is 0.875. The minimum absolute atomic E-state index is 0.361. The highest BCUT2D eigenvalue weighted by atomic mass is 32.2. The van der Waals surface area contributed by atoms with E-state index < -0.39 is 10.2 Å². The van der Waals surface area contributed by atoms with Gasteiger partial charge in [0.25, 0.3) is 10.2 Å². The van der Waals surface area contributed by atoms with Crippen LogP contribution in [0.2, 0.25) is 0 Å². The first-order valence-electron chi connectivity index (χ1n) is 4.40. The number of hydrogen-bond acceptors (Lipinski definition) is 3. The standard InChI is InChI=1S/C7H18N2O3S/c1-3-8-13(11,12)9-6-4-5-7(2)10/h7-10H,3-6H2,1-2H3. The lowest BCUT2D eigenvalue weighted by atomic mass is 10.2. The molecule has 80 valence electrons. The van der Waals surface area contributed by atoms with Crippen LogP contribution in [0, 0.1) is 0 Å². The van der Waals surface area contributed by atoms with Crippen LogP contribution in [0.5, 0.6) is 0 Å². The van der Waals surface area contributed by atoms with E-state index >= 15 is 0 Å². The first-order valence-corrected chi connectivity index (χ1v) is 5.88. The molecule has 1 atom stereocenters. The molecular weight excluding hydrogens is 192 g/mol. The van der Waals surface area contributed by atoms with Crippen molar-refractivity contribution in [1.29, 1.82) is 0 Å². The zero-order valence-corrected chi connectivity index (χ0v) is 8.89. The molecule has 3 N–H and O–H groups in total. The largest absolute Gasteiger partial charge is 0.393 e. The van der Waals surface area contributed by atoms with Crippen LogP contribution in [0.25, 0.3) is 0 Å². The summed E-state index contributed by atoms with van der Waals surface area (Å²) < 4.78 is 26.7. The molecular formula is C7H18N2O3S. The van der Waals surface area contributed by atoms with Crippen LogP contribution < -0.4 is 9.44 Å². The third-order valence-electron chi connectivity index (χ3n) is 1.43. The van der Waals surface area contributed by atoms with Gasteiger partial charge in [0.2, 0.25) is 0 Å². The number of aliphatic hydroxyl groups excluding tert-OH is 1. The fraction of sp³-hybridized carbons (Fsp3) is 1.00. The topological polar surface area (TPSA) is 78.4 Å². The summed E-state index contributed by atoms with van der Waals surface area (Å²) in [4.78, 5) is 0. The van der Waals surface area contributed by atoms with Crippen molar-refractivity contribution in [3.8, 4) is 0 Å². The predicted octanol–water partition coefficient (Wildman–Crippen LogP) is -0.409. The van der Waals surface area contributed by atoms with Crippen LogP contribution >= 0.6 is 0 Å². The molecule has 0 saturated heterocycles. The van der Waals surface area contributed by atoms with Gasteiger partial charge in [0.05, 0.1) is 6.10 Å². The summed E-state index contributed by atoms with van der Waals surface area (Å²) in [6, 6.07) is 0. The fourth-order valence-corrected chi connectivity index (χ4v) is 1.74. The zero-order valence-electron chi connectivity index (χ0n) is 8.08. The van der Waals surface area contributed by atoms with Crippen LogP contribution in [0.3, 0.4) is 0 Å². The Bertz CT molecular complexity index is 214. The monoisotopic (exact) mass is 210 g/mol. The second kappa shape index (κ2) is 6.31. The van der Waals surface area contributed by atoms with Crippen molar-refractivity contribution in [2.75, 3.05) is 13.1 Å². The van der Waals surface area contributed by atoms with Gasteiger partial charge < -0.3 is 5.11 Å². The lowest BCUT2D eigenvalue weighted by Crippen LogP contribution is -2.36. The second-order valence-electron chi connectivity index (χ2n) is 2.89. The molecule has 1 unspecified atom stereocenters. The van der Waals surface area contributed by atoms with Crippen LogP contribution in [0.4, 0.5) is 0 Å². The van der Waals surface area contributed by atoms with Gasteiger partial charge in [-0.3, -0.25) is 0 Å². The summed E-state index contributed by atoms with van der Waals surface area (Å²) in [5, 5.41) is 8.89. The zero-order chi connectivity index (χ0) is 10.3. The quantitative estimate of drug-likeness (QED) is 0.500. The van der Waals surface area contributed by atoms with Gasteiger partial charge in [-0.05, 0) is 19.8 Å². The lowest BCUT2D eigenvalue weighted by molar-refractivity contribution is 0.182. The van der Waals surface area contributed by atoms with E-state index in [0.717, 1.165) is 0 Å². The van der Waals surface area contributed by atoms with Gasteiger partial charge >= 0.3 is 0 Å². The molecule has 0 aromatic heterocycles. The molecule has 0 spiro atoms. The van der Waals surface area contributed by atoms with Crippen molar-refractivity contribution in [2.24, 2.45) is 0 Å². The molecule has 0 heterocycles. The van der Waals surface area contributed by atoms with Crippen molar-refractivity contribution in [1.82, 2.24) is 9.44 Å². The summed E-state index contributed by atoms with van der Waals surface area (Å²) >= 11 is 0. The molecule has 0 fully saturated rings. The van der Waals surface area contributed by atoms with E-state index in [1.807, 2.05) is 0 Å². The minimum Gasteiger partial charge on any atom is -0.393 e. The van der Waals surface area contributed by atoms with Crippen molar-refractivity contribution >= 4 is 10.2 Å². The average molecular weight is 210 g/mol. The molecule has 0 radical (unpaired) electrons. The van der Waals surface area contributed by atoms with E-state index in [0.29, 0.717) is 25.9 Å². The SMILES string of the molecule is CCNS(=O)(=O)NCCCC(C)O. The Morgan fingerprint density at radius 1 is 1.38 bits per heavy atom. The molecule has 5 nitrogen and oxygen atoms in total. The molecule has 0 aliphatic rings. The molecule has 0 aromatic rings. The highest BCUT2D eigenvalue weighted by molar-refractivity contribution is 7.87. The van der Waals surface area contributed by atoms with Gasteiger partial charge in [-0.2, -0.15) is 8.42 Å². The van der Waals surface area contributed by atoms with Gasteiger partial charge in [-0.15, -0.1) is 0 Å². The maximum Gasteiger partial charge on any atom is 0.276 e. The fourth-order valence-electron chi connectivity index (χ4n) is 0.845. The third-order valence-corrected chi connectivity index (χ3v) is 2.68. The Hall–Kier alpha value is -0.170. The summed E-state index contributed by atoms with van der Waals surface area (Å²) in [5.41, 5.74) is 0. The van der Waals surface area contributed by atoms with Crippen molar-refractivity contribution in [3.63, 3.8) is 0 Å². The van der Waals surface area contributed by atoms with Gasteiger partial charge in [-0.25, -0.2) is 9.44 Å². The van der Waals surface area contributed by atoms with Crippen LogP contribution in [-0.2, 0) is 10.2 Å². The molecule has 0 bridgehead atoms. The smallest absolute Gasteiger partial charge is 0.276 e. The summed E-state index contributed by atoms with van der Waals surface area (Å²) in [5.74, 6) is 0. The first-order chi connectivity index (χ1) is 5.98. The van der Waals surface area contributed by atoms with Gasteiger partial charge in [0.1, 0.15) is 0 Å². The first kappa shape index (κ1) is 12.8. The highest BCUT2D eigenvalue weighted by Gasteiger charge is 2.05. The van der Waals surface area contributed by atoms with Crippen molar-refractivity contribution in [2.45, 2.75) is 32.8 Å². The number of hydrogen-bond donors (Lipinski definition) is 3. The van der Waals surface area contributed by atoms with Gasteiger partial charge in [-0.1, -0.05) is 6.92 Å². The molecule has 0 aromatic carbocycles. The van der Waals surface area contributed by atoms with Crippen LogP contribution in [0.1, 0.15) is 26.7 Å². The molecule has 6 heteroatoms. The summed E-state index contributed by atoms with van der Waals surface area (Å²) in [7, 11) is -3.31. The molecule has 0 rings (SSSR count). The average Bonchev–Trinajstić information content (AvgIpc) is 1.98. The molecule has 13 heavy (non-hydrogen) atoms. The normalized spacial score (nSPS) is 14.4. The molecule has 0 aliphatic heterocycles. The Morgan fingerprint density at radius 2 is 2.00 bits per heavy atom. The van der Waals surface area contributed by atoms with Crippen LogP contribution in [-0.4, -0.2) is 32.7 Å².